The molecule has 0 saturated carbocycles. The molecule has 0 heterocycles. The highest BCUT2D eigenvalue weighted by Gasteiger charge is 2.56. The molecule has 1 atom stereocenters. The molecule has 0 fully saturated rings. The van der Waals surface area contributed by atoms with E-state index in [1.54, 1.807) is 6.07 Å². The van der Waals surface area contributed by atoms with Crippen molar-refractivity contribution < 1.29 is 18.0 Å². The number of carbonyl (C=O) groups is 1. The quantitative estimate of drug-likeness (QED) is 0.808. The third kappa shape index (κ3) is 1.82. The Morgan fingerprint density at radius 2 is 1.67 bits per heavy atom. The Balaban J connectivity index is 3.32. The maximum absolute atomic E-state index is 12.7. The molecule has 0 aliphatic carbocycles. The van der Waals surface area contributed by atoms with E-state index in [0.29, 0.717) is 0 Å². The summed E-state index contributed by atoms with van der Waals surface area (Å²) in [4.78, 5) is 11.0. The predicted octanol–water partition coefficient (Wildman–Crippen LogP) is 1.99. The van der Waals surface area contributed by atoms with Crippen molar-refractivity contribution in [3.05, 3.63) is 35.9 Å². The highest BCUT2D eigenvalue weighted by Crippen LogP contribution is 2.40. The number of halogens is 3. The predicted molar refractivity (Wildman–Crippen MR) is 49.0 cm³/mol. The topological polar surface area (TPSA) is 43.1 Å². The average Bonchev–Trinajstić information content (AvgIpc) is 2.16. The molecular formula is C10H10F3NO. The lowest BCUT2D eigenvalue weighted by atomic mass is 9.81. The van der Waals surface area contributed by atoms with Gasteiger partial charge >= 0.3 is 6.18 Å². The normalized spacial score (nSPS) is 15.7. The van der Waals surface area contributed by atoms with E-state index in [0.717, 1.165) is 6.92 Å². The number of amides is 1. The Morgan fingerprint density at radius 3 is 2.00 bits per heavy atom. The van der Waals surface area contributed by atoms with Crippen LogP contribution in [0.25, 0.3) is 0 Å². The lowest BCUT2D eigenvalue weighted by molar-refractivity contribution is -0.189. The Bertz CT molecular complexity index is 361. The highest BCUT2D eigenvalue weighted by atomic mass is 19.4. The fraction of sp³-hybridized carbons (Fsp3) is 0.300. The van der Waals surface area contributed by atoms with Gasteiger partial charge < -0.3 is 5.73 Å². The first-order valence-corrected chi connectivity index (χ1v) is 4.22. The summed E-state index contributed by atoms with van der Waals surface area (Å²) in [6.07, 6.45) is -4.69. The number of nitrogens with two attached hydrogens (primary N) is 1. The fourth-order valence-electron chi connectivity index (χ4n) is 1.22. The molecule has 2 nitrogen and oxygen atoms in total. The molecule has 0 bridgehead atoms. The molecule has 1 rings (SSSR count). The SMILES string of the molecule is CC(C(N)=O)(c1ccccc1)C(F)(F)F. The van der Waals surface area contributed by atoms with Crippen LogP contribution >= 0.6 is 0 Å². The van der Waals surface area contributed by atoms with Gasteiger partial charge in [-0.3, -0.25) is 4.79 Å². The van der Waals surface area contributed by atoms with E-state index in [4.69, 9.17) is 5.73 Å². The van der Waals surface area contributed by atoms with Crippen LogP contribution in [-0.2, 0) is 10.2 Å². The standard InChI is InChI=1S/C10H10F3NO/c1-9(8(14)15,10(11,12)13)7-5-3-2-4-6-7/h2-6H,1H3,(H2,14,15). The molecule has 0 radical (unpaired) electrons. The lowest BCUT2D eigenvalue weighted by Gasteiger charge is -2.28. The maximum atomic E-state index is 12.7. The van der Waals surface area contributed by atoms with Gasteiger partial charge in [0.1, 0.15) is 0 Å². The number of benzene rings is 1. The van der Waals surface area contributed by atoms with Crippen LogP contribution in [0.4, 0.5) is 13.2 Å². The van der Waals surface area contributed by atoms with Crippen LogP contribution in [0.1, 0.15) is 12.5 Å². The zero-order valence-corrected chi connectivity index (χ0v) is 8.01. The molecule has 1 aromatic rings. The number of primary amides is 1. The maximum Gasteiger partial charge on any atom is 0.406 e. The van der Waals surface area contributed by atoms with E-state index in [1.807, 2.05) is 0 Å². The first-order chi connectivity index (χ1) is 6.80. The Morgan fingerprint density at radius 1 is 1.20 bits per heavy atom. The molecule has 1 amide bonds. The van der Waals surface area contributed by atoms with E-state index in [1.165, 1.54) is 24.3 Å². The van der Waals surface area contributed by atoms with E-state index in [2.05, 4.69) is 0 Å². The third-order valence-electron chi connectivity index (χ3n) is 2.41. The lowest BCUT2D eigenvalue weighted by Crippen LogP contribution is -2.50. The minimum absolute atomic E-state index is 0.148. The molecule has 15 heavy (non-hydrogen) atoms. The van der Waals surface area contributed by atoms with Crippen LogP contribution in [0.15, 0.2) is 30.3 Å². The van der Waals surface area contributed by atoms with Gasteiger partial charge in [-0.15, -0.1) is 0 Å². The van der Waals surface area contributed by atoms with E-state index < -0.39 is 17.5 Å². The fourth-order valence-corrected chi connectivity index (χ4v) is 1.22. The van der Waals surface area contributed by atoms with E-state index in [9.17, 15) is 18.0 Å². The van der Waals surface area contributed by atoms with Gasteiger partial charge in [-0.05, 0) is 12.5 Å². The van der Waals surface area contributed by atoms with Gasteiger partial charge in [0, 0.05) is 0 Å². The molecule has 0 spiro atoms. The second-order valence-electron chi connectivity index (χ2n) is 3.35. The summed E-state index contributed by atoms with van der Waals surface area (Å²) >= 11 is 0. The van der Waals surface area contributed by atoms with Crippen LogP contribution in [0.2, 0.25) is 0 Å². The van der Waals surface area contributed by atoms with Crippen LogP contribution in [0, 0.1) is 0 Å². The third-order valence-corrected chi connectivity index (χ3v) is 2.41. The smallest absolute Gasteiger partial charge is 0.369 e. The minimum atomic E-state index is -4.69. The van der Waals surface area contributed by atoms with Gasteiger partial charge in [0.25, 0.3) is 0 Å². The minimum Gasteiger partial charge on any atom is -0.369 e. The molecule has 1 aromatic carbocycles. The zero-order valence-electron chi connectivity index (χ0n) is 8.01. The summed E-state index contributed by atoms with van der Waals surface area (Å²) in [5, 5.41) is 0. The first kappa shape index (κ1) is 11.6. The molecule has 0 aliphatic heterocycles. The molecule has 2 N–H and O–H groups in total. The van der Waals surface area contributed by atoms with Crippen molar-refractivity contribution in [3.63, 3.8) is 0 Å². The number of alkyl halides is 3. The molecule has 0 aliphatic rings. The second kappa shape index (κ2) is 3.56. The van der Waals surface area contributed by atoms with Gasteiger partial charge in [-0.25, -0.2) is 0 Å². The molecule has 0 saturated heterocycles. The summed E-state index contributed by atoms with van der Waals surface area (Å²) in [5.41, 5.74) is 2.05. The van der Waals surface area contributed by atoms with Gasteiger partial charge in [0.05, 0.1) is 0 Å². The molecule has 5 heteroatoms. The van der Waals surface area contributed by atoms with Crippen LogP contribution in [0.3, 0.4) is 0 Å². The van der Waals surface area contributed by atoms with E-state index in [-0.39, 0.29) is 5.56 Å². The molecule has 1 unspecified atom stereocenters. The van der Waals surface area contributed by atoms with Crippen LogP contribution < -0.4 is 5.73 Å². The van der Waals surface area contributed by atoms with E-state index >= 15 is 0 Å². The van der Waals surface area contributed by atoms with Crippen LogP contribution in [-0.4, -0.2) is 12.1 Å². The molecule has 82 valence electrons. The zero-order chi connectivity index (χ0) is 11.7. The Kier molecular flexibility index (Phi) is 2.75. The molecule has 0 aromatic heterocycles. The summed E-state index contributed by atoms with van der Waals surface area (Å²) in [5.74, 6) is -1.40. The van der Waals surface area contributed by atoms with Gasteiger partial charge in [0.2, 0.25) is 5.91 Å². The first-order valence-electron chi connectivity index (χ1n) is 4.22. The van der Waals surface area contributed by atoms with Gasteiger partial charge in [0.15, 0.2) is 5.41 Å². The Labute approximate surface area is 84.9 Å². The number of rotatable bonds is 2. The van der Waals surface area contributed by atoms with Crippen molar-refractivity contribution in [1.29, 1.82) is 0 Å². The summed E-state index contributed by atoms with van der Waals surface area (Å²) < 4.78 is 38.2. The van der Waals surface area contributed by atoms with Crippen LogP contribution in [0.5, 0.6) is 0 Å². The number of hydrogen-bond acceptors (Lipinski definition) is 1. The summed E-state index contributed by atoms with van der Waals surface area (Å²) in [7, 11) is 0. The van der Waals surface area contributed by atoms with Crippen molar-refractivity contribution in [2.24, 2.45) is 5.73 Å². The van der Waals surface area contributed by atoms with Crippen molar-refractivity contribution in [2.45, 2.75) is 18.5 Å². The number of hydrogen-bond donors (Lipinski definition) is 1. The monoisotopic (exact) mass is 217 g/mol. The molecular weight excluding hydrogens is 207 g/mol. The highest BCUT2D eigenvalue weighted by molar-refractivity contribution is 5.87. The van der Waals surface area contributed by atoms with Gasteiger partial charge in [-0.1, -0.05) is 30.3 Å². The summed E-state index contributed by atoms with van der Waals surface area (Å²) in [6, 6.07) is 6.91. The summed E-state index contributed by atoms with van der Waals surface area (Å²) in [6.45, 7) is 0.782. The largest absolute Gasteiger partial charge is 0.406 e. The van der Waals surface area contributed by atoms with Crippen molar-refractivity contribution in [2.75, 3.05) is 0 Å². The van der Waals surface area contributed by atoms with Crippen molar-refractivity contribution in [3.8, 4) is 0 Å². The average molecular weight is 217 g/mol. The second-order valence-corrected chi connectivity index (χ2v) is 3.35. The number of carbonyl (C=O) groups excluding carboxylic acids is 1. The Hall–Kier alpha value is -1.52. The van der Waals surface area contributed by atoms with Gasteiger partial charge in [-0.2, -0.15) is 13.2 Å². The van der Waals surface area contributed by atoms with Crippen molar-refractivity contribution in [1.82, 2.24) is 0 Å². The van der Waals surface area contributed by atoms with Crippen molar-refractivity contribution >= 4 is 5.91 Å².